The highest BCUT2D eigenvalue weighted by Gasteiger charge is 2.43. The molecule has 3 heterocycles. The summed E-state index contributed by atoms with van der Waals surface area (Å²) < 4.78 is 20.2. The summed E-state index contributed by atoms with van der Waals surface area (Å²) in [7, 11) is 0. The van der Waals surface area contributed by atoms with Gasteiger partial charge in [0, 0.05) is 0 Å². The van der Waals surface area contributed by atoms with E-state index in [-0.39, 0.29) is 17.0 Å². The summed E-state index contributed by atoms with van der Waals surface area (Å²) in [5.41, 5.74) is 5.90. The van der Waals surface area contributed by atoms with Crippen LogP contribution in [0.25, 0.3) is 11.2 Å². The van der Waals surface area contributed by atoms with E-state index in [4.69, 9.17) is 10.5 Å². The number of halogens is 1. The average molecular weight is 283 g/mol. The molecule has 0 aliphatic carbocycles. The molecule has 2 aromatic heterocycles. The molecule has 1 fully saturated rings. The van der Waals surface area contributed by atoms with Crippen LogP contribution in [0, 0.1) is 6.08 Å². The Kier molecular flexibility index (Phi) is 3.04. The highest BCUT2D eigenvalue weighted by Crippen LogP contribution is 2.33. The lowest BCUT2D eigenvalue weighted by Crippen LogP contribution is -2.31. The number of rotatable bonds is 2. The van der Waals surface area contributed by atoms with Crippen molar-refractivity contribution in [2.24, 2.45) is 0 Å². The van der Waals surface area contributed by atoms with Crippen molar-refractivity contribution in [3.63, 3.8) is 0 Å². The van der Waals surface area contributed by atoms with E-state index in [2.05, 4.69) is 15.0 Å². The summed E-state index contributed by atoms with van der Waals surface area (Å²) in [6.45, 7) is 1.83. The number of hydrogen-bond acceptors (Lipinski definition) is 7. The third kappa shape index (κ3) is 1.82. The van der Waals surface area contributed by atoms with Gasteiger partial charge >= 0.3 is 6.08 Å². The van der Waals surface area contributed by atoms with Crippen LogP contribution in [0.1, 0.15) is 19.6 Å². The smallest absolute Gasteiger partial charge is 0.312 e. The van der Waals surface area contributed by atoms with Crippen LogP contribution in [0.5, 0.6) is 0 Å². The number of nitrogen functional groups attached to an aromatic ring is 1. The number of hydrogen-bond donors (Lipinski definition) is 3. The maximum Gasteiger partial charge on any atom is 0.312 e. The van der Waals surface area contributed by atoms with Gasteiger partial charge in [0.05, 0.1) is 12.4 Å². The van der Waals surface area contributed by atoms with Gasteiger partial charge in [0.1, 0.15) is 12.2 Å². The van der Waals surface area contributed by atoms with E-state index in [1.54, 1.807) is 0 Å². The molecule has 0 aromatic carbocycles. The largest absolute Gasteiger partial charge is 0.388 e. The zero-order valence-electron chi connectivity index (χ0n) is 10.6. The molecule has 0 saturated carbocycles. The Hall–Kier alpha value is -1.84. The summed E-state index contributed by atoms with van der Waals surface area (Å²) in [6, 6.07) is 0. The Labute approximate surface area is 113 Å². The zero-order chi connectivity index (χ0) is 14.4. The van der Waals surface area contributed by atoms with Crippen LogP contribution in [0.4, 0.5) is 10.2 Å². The molecule has 108 valence electrons. The third-order valence-electron chi connectivity index (χ3n) is 3.43. The molecule has 1 aliphatic heterocycles. The maximum atomic E-state index is 13.3. The minimum Gasteiger partial charge on any atom is -0.388 e. The van der Waals surface area contributed by atoms with E-state index in [9.17, 15) is 14.6 Å². The Morgan fingerprint density at radius 1 is 1.40 bits per heavy atom. The van der Waals surface area contributed by atoms with Crippen LogP contribution in [0.15, 0.2) is 6.33 Å². The molecule has 9 heteroatoms. The van der Waals surface area contributed by atoms with Crippen molar-refractivity contribution in [3.8, 4) is 0 Å². The van der Waals surface area contributed by atoms with E-state index in [1.807, 2.05) is 6.92 Å². The van der Waals surface area contributed by atoms with Crippen LogP contribution in [-0.4, -0.2) is 48.0 Å². The number of aliphatic hydroxyl groups excluding tert-OH is 2. The monoisotopic (exact) mass is 283 g/mol. The molecule has 0 spiro atoms. The molecule has 1 saturated heterocycles. The van der Waals surface area contributed by atoms with Crippen molar-refractivity contribution in [2.75, 3.05) is 5.73 Å². The second kappa shape index (κ2) is 4.62. The lowest BCUT2D eigenvalue weighted by Gasteiger charge is -2.16. The third-order valence-corrected chi connectivity index (χ3v) is 3.43. The van der Waals surface area contributed by atoms with Gasteiger partial charge in [-0.2, -0.15) is 14.4 Å². The summed E-state index contributed by atoms with van der Waals surface area (Å²) in [6.07, 6.45) is -2.70. The molecular formula is C11H14FN5O3. The quantitative estimate of drug-likeness (QED) is 0.640. The van der Waals surface area contributed by atoms with Gasteiger partial charge < -0.3 is 20.7 Å². The van der Waals surface area contributed by atoms with Crippen molar-refractivity contribution in [2.45, 2.75) is 37.9 Å². The lowest BCUT2D eigenvalue weighted by atomic mass is 10.1. The molecule has 2 aromatic rings. The summed E-state index contributed by atoms with van der Waals surface area (Å²) in [5, 5.41) is 19.9. The molecular weight excluding hydrogens is 269 g/mol. The molecule has 0 amide bonds. The second-order valence-electron chi connectivity index (χ2n) is 4.66. The Morgan fingerprint density at radius 3 is 2.80 bits per heavy atom. The van der Waals surface area contributed by atoms with Crippen molar-refractivity contribution in [1.29, 1.82) is 0 Å². The lowest BCUT2D eigenvalue weighted by molar-refractivity contribution is -0.0356. The van der Waals surface area contributed by atoms with Crippen molar-refractivity contribution < 1.29 is 19.3 Å². The number of aromatic nitrogens is 4. The van der Waals surface area contributed by atoms with Crippen LogP contribution in [0.2, 0.25) is 0 Å². The summed E-state index contributed by atoms with van der Waals surface area (Å²) in [5.74, 6) is -0.0914. The molecule has 4 N–H and O–H groups in total. The fraction of sp³-hybridized carbons (Fsp3) is 0.545. The van der Waals surface area contributed by atoms with Gasteiger partial charge in [0.2, 0.25) is 0 Å². The predicted octanol–water partition coefficient (Wildman–Crippen LogP) is -0.423. The molecule has 1 unspecified atom stereocenters. The first-order valence-electron chi connectivity index (χ1n) is 6.20. The summed E-state index contributed by atoms with van der Waals surface area (Å²) in [4.78, 5) is 11.0. The minimum atomic E-state index is -1.16. The number of ether oxygens (including phenoxy) is 1. The fourth-order valence-corrected chi connectivity index (χ4v) is 2.39. The Bertz CT molecular complexity index is 648. The van der Waals surface area contributed by atoms with Crippen molar-refractivity contribution in [1.82, 2.24) is 19.5 Å². The second-order valence-corrected chi connectivity index (χ2v) is 4.66. The number of imidazole rings is 1. The first kappa shape index (κ1) is 13.2. The highest BCUT2D eigenvalue weighted by atomic mass is 19.1. The van der Waals surface area contributed by atoms with Gasteiger partial charge in [-0.3, -0.25) is 4.57 Å². The van der Waals surface area contributed by atoms with E-state index >= 15 is 0 Å². The average Bonchev–Trinajstić information content (AvgIpc) is 2.93. The molecule has 4 atom stereocenters. The number of aliphatic hydroxyl groups is 2. The molecule has 20 heavy (non-hydrogen) atoms. The number of nitrogens with two attached hydrogens (primary N) is 1. The summed E-state index contributed by atoms with van der Waals surface area (Å²) >= 11 is 0. The van der Waals surface area contributed by atoms with Gasteiger partial charge in [0.15, 0.2) is 23.2 Å². The first-order chi connectivity index (χ1) is 9.52. The van der Waals surface area contributed by atoms with Crippen molar-refractivity contribution >= 4 is 17.0 Å². The predicted molar refractivity (Wildman–Crippen MR) is 65.9 cm³/mol. The van der Waals surface area contributed by atoms with E-state index < -0.39 is 30.6 Å². The molecule has 1 aliphatic rings. The number of fused-ring (bicyclic) bond motifs is 1. The minimum absolute atomic E-state index is 0.0914. The SMILES string of the molecule is CC[C@H]1O[C@@H](n2cnc3c(N)nc(F)nc32)[C@@H](O)C1O. The van der Waals surface area contributed by atoms with Crippen LogP contribution in [-0.2, 0) is 4.74 Å². The van der Waals surface area contributed by atoms with E-state index in [1.165, 1.54) is 10.9 Å². The molecule has 8 nitrogen and oxygen atoms in total. The molecule has 0 bridgehead atoms. The standard InChI is InChI=1S/C11H14FN5O3/c1-2-4-6(18)7(19)10(20-4)17-3-14-5-8(13)15-11(12)16-9(5)17/h3-4,6-7,10,18-19H,2H2,1H3,(H2,13,15,16)/t4-,6?,7+,10-/m1/s1. The van der Waals surface area contributed by atoms with Gasteiger partial charge in [-0.05, 0) is 6.42 Å². The van der Waals surface area contributed by atoms with Crippen LogP contribution < -0.4 is 5.73 Å². The van der Waals surface area contributed by atoms with Crippen LogP contribution >= 0.6 is 0 Å². The first-order valence-corrected chi connectivity index (χ1v) is 6.20. The number of anilines is 1. The van der Waals surface area contributed by atoms with Gasteiger partial charge in [-0.1, -0.05) is 6.92 Å². The fourth-order valence-electron chi connectivity index (χ4n) is 2.39. The Morgan fingerprint density at radius 2 is 2.15 bits per heavy atom. The van der Waals surface area contributed by atoms with E-state index in [0.29, 0.717) is 6.42 Å². The molecule has 3 rings (SSSR count). The maximum absolute atomic E-state index is 13.3. The number of nitrogens with zero attached hydrogens (tertiary/aromatic N) is 4. The zero-order valence-corrected chi connectivity index (χ0v) is 10.6. The normalized spacial score (nSPS) is 30.2. The van der Waals surface area contributed by atoms with Gasteiger partial charge in [-0.15, -0.1) is 0 Å². The van der Waals surface area contributed by atoms with Gasteiger partial charge in [-0.25, -0.2) is 4.98 Å². The van der Waals surface area contributed by atoms with Crippen molar-refractivity contribution in [3.05, 3.63) is 12.4 Å². The molecule has 0 radical (unpaired) electrons. The van der Waals surface area contributed by atoms with E-state index in [0.717, 1.165) is 0 Å². The van der Waals surface area contributed by atoms with Crippen LogP contribution in [0.3, 0.4) is 0 Å². The topological polar surface area (TPSA) is 119 Å². The Balaban J connectivity index is 2.07. The highest BCUT2D eigenvalue weighted by molar-refractivity contribution is 5.81. The van der Waals surface area contributed by atoms with Gasteiger partial charge in [0.25, 0.3) is 0 Å².